The third-order valence-electron chi connectivity index (χ3n) is 3.21. The molecule has 0 aromatic heterocycles. The number of nitriles is 1. The molecule has 2 N–H and O–H groups in total. The normalized spacial score (nSPS) is 10.6. The van der Waals surface area contributed by atoms with Gasteiger partial charge >= 0.3 is 0 Å². The molecule has 0 bridgehead atoms. The summed E-state index contributed by atoms with van der Waals surface area (Å²) < 4.78 is 5.16. The summed E-state index contributed by atoms with van der Waals surface area (Å²) in [6.07, 6.45) is 1.20. The summed E-state index contributed by atoms with van der Waals surface area (Å²) in [4.78, 5) is 22.4. The quantitative estimate of drug-likeness (QED) is 0.345. The van der Waals surface area contributed by atoms with Crippen LogP contribution in [0.4, 0.5) is 17.1 Å². The van der Waals surface area contributed by atoms with E-state index < -0.39 is 10.8 Å². The van der Waals surface area contributed by atoms with E-state index in [-0.39, 0.29) is 16.9 Å². The molecule has 0 unspecified atom stereocenters. The Bertz CT molecular complexity index is 921. The fraction of sp³-hybridized carbons (Fsp3) is 0.0588. The van der Waals surface area contributed by atoms with Gasteiger partial charge in [0.2, 0.25) is 0 Å². The van der Waals surface area contributed by atoms with Crippen molar-refractivity contribution in [2.75, 3.05) is 17.7 Å². The highest BCUT2D eigenvalue weighted by atomic mass is 35.5. The summed E-state index contributed by atoms with van der Waals surface area (Å²) >= 11 is 5.92. The van der Waals surface area contributed by atoms with Crippen LogP contribution in [0.25, 0.3) is 0 Å². The first-order valence-electron chi connectivity index (χ1n) is 7.20. The summed E-state index contributed by atoms with van der Waals surface area (Å²) in [6.45, 7) is 0. The Labute approximate surface area is 153 Å². The predicted molar refractivity (Wildman–Crippen MR) is 97.0 cm³/mol. The maximum atomic E-state index is 12.2. The number of nitrogens with zero attached hydrogens (tertiary/aromatic N) is 2. The number of rotatable bonds is 6. The highest BCUT2D eigenvalue weighted by Gasteiger charge is 2.12. The molecule has 132 valence electrons. The Morgan fingerprint density at radius 3 is 2.77 bits per heavy atom. The van der Waals surface area contributed by atoms with Gasteiger partial charge in [-0.3, -0.25) is 14.9 Å². The summed E-state index contributed by atoms with van der Waals surface area (Å²) in [5.41, 5.74) is 0.257. The van der Waals surface area contributed by atoms with Gasteiger partial charge in [0.05, 0.1) is 17.7 Å². The maximum absolute atomic E-state index is 12.2. The fourth-order valence-electron chi connectivity index (χ4n) is 1.99. The number of nitro groups is 1. The molecule has 0 aliphatic rings. The SMILES string of the molecule is COc1ccc(Cl)cc1N/C=C(/C#N)C(=O)Nc1cccc([N+](=O)[O-])c1. The van der Waals surface area contributed by atoms with Gasteiger partial charge in [0.15, 0.2) is 0 Å². The third kappa shape index (κ3) is 4.72. The van der Waals surface area contributed by atoms with Gasteiger partial charge in [-0.25, -0.2) is 0 Å². The molecule has 0 saturated heterocycles. The lowest BCUT2D eigenvalue weighted by Crippen LogP contribution is -2.14. The number of ether oxygens (including phenoxy) is 1. The molecule has 0 aliphatic carbocycles. The van der Waals surface area contributed by atoms with Crippen molar-refractivity contribution in [3.8, 4) is 11.8 Å². The van der Waals surface area contributed by atoms with Crippen molar-refractivity contribution in [3.05, 3.63) is 69.4 Å². The van der Waals surface area contributed by atoms with E-state index >= 15 is 0 Å². The molecule has 0 atom stereocenters. The van der Waals surface area contributed by atoms with Gasteiger partial charge in [-0.1, -0.05) is 17.7 Å². The van der Waals surface area contributed by atoms with Gasteiger partial charge in [-0.2, -0.15) is 5.26 Å². The van der Waals surface area contributed by atoms with Crippen LogP contribution in [0.5, 0.6) is 5.75 Å². The first-order chi connectivity index (χ1) is 12.4. The number of nitro benzene ring substituents is 1. The van der Waals surface area contributed by atoms with Crippen LogP contribution in [0.1, 0.15) is 0 Å². The molecule has 0 spiro atoms. The molecule has 26 heavy (non-hydrogen) atoms. The third-order valence-corrected chi connectivity index (χ3v) is 3.45. The van der Waals surface area contributed by atoms with Gasteiger partial charge in [-0.15, -0.1) is 0 Å². The zero-order valence-electron chi connectivity index (χ0n) is 13.5. The number of carbonyl (C=O) groups is 1. The minimum Gasteiger partial charge on any atom is -0.495 e. The van der Waals surface area contributed by atoms with E-state index in [0.29, 0.717) is 16.5 Å². The maximum Gasteiger partial charge on any atom is 0.271 e. The van der Waals surface area contributed by atoms with E-state index in [1.807, 2.05) is 0 Å². The lowest BCUT2D eigenvalue weighted by Gasteiger charge is -2.09. The Morgan fingerprint density at radius 1 is 1.35 bits per heavy atom. The number of amides is 1. The standard InChI is InChI=1S/C17H13ClN4O4/c1-26-16-6-5-12(18)7-15(16)20-10-11(9-19)17(23)21-13-3-2-4-14(8-13)22(24)25/h2-8,10,20H,1H3,(H,21,23)/b11-10-. The molecular formula is C17H13ClN4O4. The number of nitrogens with one attached hydrogen (secondary N) is 2. The van der Waals surface area contributed by atoms with Gasteiger partial charge in [0.25, 0.3) is 11.6 Å². The fourth-order valence-corrected chi connectivity index (χ4v) is 2.16. The van der Waals surface area contributed by atoms with Crippen LogP contribution in [-0.2, 0) is 4.79 Å². The summed E-state index contributed by atoms with van der Waals surface area (Å²) in [5.74, 6) is -0.247. The molecule has 0 radical (unpaired) electrons. The Kier molecular flexibility index (Phi) is 6.14. The topological polar surface area (TPSA) is 117 Å². The second kappa shape index (κ2) is 8.50. The van der Waals surface area contributed by atoms with Crippen LogP contribution in [0, 0.1) is 21.4 Å². The smallest absolute Gasteiger partial charge is 0.271 e. The molecular weight excluding hydrogens is 360 g/mol. The lowest BCUT2D eigenvalue weighted by molar-refractivity contribution is -0.384. The molecule has 0 fully saturated rings. The van der Waals surface area contributed by atoms with E-state index in [4.69, 9.17) is 16.3 Å². The van der Waals surface area contributed by atoms with E-state index in [1.54, 1.807) is 24.3 Å². The number of benzene rings is 2. The number of hydrogen-bond acceptors (Lipinski definition) is 6. The van der Waals surface area contributed by atoms with Crippen molar-refractivity contribution in [1.82, 2.24) is 0 Å². The molecule has 2 aromatic rings. The Morgan fingerprint density at radius 2 is 2.12 bits per heavy atom. The molecule has 2 aromatic carbocycles. The minimum absolute atomic E-state index is 0.174. The molecule has 2 rings (SSSR count). The second-order valence-corrected chi connectivity index (χ2v) is 5.36. The van der Waals surface area contributed by atoms with Crippen molar-refractivity contribution >= 4 is 34.6 Å². The van der Waals surface area contributed by atoms with E-state index in [0.717, 1.165) is 0 Å². The average Bonchev–Trinajstić information content (AvgIpc) is 2.62. The molecule has 0 aliphatic heterocycles. The summed E-state index contributed by atoms with van der Waals surface area (Å²) in [7, 11) is 1.47. The highest BCUT2D eigenvalue weighted by Crippen LogP contribution is 2.27. The highest BCUT2D eigenvalue weighted by molar-refractivity contribution is 6.31. The zero-order chi connectivity index (χ0) is 19.1. The van der Waals surface area contributed by atoms with E-state index in [9.17, 15) is 20.2 Å². The lowest BCUT2D eigenvalue weighted by atomic mass is 10.2. The largest absolute Gasteiger partial charge is 0.495 e. The van der Waals surface area contributed by atoms with E-state index in [2.05, 4.69) is 10.6 Å². The number of non-ortho nitro benzene ring substituents is 1. The predicted octanol–water partition coefficient (Wildman–Crippen LogP) is 3.71. The molecule has 0 saturated carbocycles. The van der Waals surface area contributed by atoms with E-state index in [1.165, 1.54) is 37.6 Å². The number of methoxy groups -OCH3 is 1. The van der Waals surface area contributed by atoms with Gasteiger partial charge in [0, 0.05) is 29.0 Å². The zero-order valence-corrected chi connectivity index (χ0v) is 14.3. The van der Waals surface area contributed by atoms with Crippen LogP contribution in [0.15, 0.2) is 54.2 Å². The van der Waals surface area contributed by atoms with Crippen molar-refractivity contribution in [1.29, 1.82) is 5.26 Å². The van der Waals surface area contributed by atoms with Crippen molar-refractivity contribution < 1.29 is 14.5 Å². The van der Waals surface area contributed by atoms with Crippen LogP contribution >= 0.6 is 11.6 Å². The van der Waals surface area contributed by atoms with Crippen LogP contribution in [0.2, 0.25) is 5.02 Å². The van der Waals surface area contributed by atoms with Crippen molar-refractivity contribution in [2.24, 2.45) is 0 Å². The number of hydrogen-bond donors (Lipinski definition) is 2. The van der Waals surface area contributed by atoms with Crippen LogP contribution < -0.4 is 15.4 Å². The van der Waals surface area contributed by atoms with Crippen LogP contribution in [-0.4, -0.2) is 17.9 Å². The average molecular weight is 373 g/mol. The van der Waals surface area contributed by atoms with Gasteiger partial charge in [0.1, 0.15) is 17.4 Å². The van der Waals surface area contributed by atoms with Crippen molar-refractivity contribution in [2.45, 2.75) is 0 Å². The number of carbonyl (C=O) groups excluding carboxylic acids is 1. The monoisotopic (exact) mass is 372 g/mol. The Balaban J connectivity index is 2.17. The van der Waals surface area contributed by atoms with Gasteiger partial charge in [-0.05, 0) is 24.3 Å². The summed E-state index contributed by atoms with van der Waals surface area (Å²) in [5, 5.41) is 25.6. The number of anilines is 2. The van der Waals surface area contributed by atoms with Gasteiger partial charge < -0.3 is 15.4 Å². The minimum atomic E-state index is -0.721. The first-order valence-corrected chi connectivity index (χ1v) is 7.58. The summed E-state index contributed by atoms with van der Waals surface area (Å²) in [6, 6.07) is 12.0. The van der Waals surface area contributed by atoms with Crippen molar-refractivity contribution in [3.63, 3.8) is 0 Å². The molecule has 8 nitrogen and oxygen atoms in total. The molecule has 9 heteroatoms. The first kappa shape index (κ1) is 18.8. The molecule has 0 heterocycles. The Hall–Kier alpha value is -3.57. The second-order valence-electron chi connectivity index (χ2n) is 4.92. The molecule has 1 amide bonds. The number of halogens is 1. The van der Waals surface area contributed by atoms with Crippen LogP contribution in [0.3, 0.4) is 0 Å².